The van der Waals surface area contributed by atoms with Crippen molar-refractivity contribution < 1.29 is 9.18 Å². The maximum atomic E-state index is 13.1. The summed E-state index contributed by atoms with van der Waals surface area (Å²) < 4.78 is 13.1. The maximum absolute atomic E-state index is 13.1. The normalized spacial score (nSPS) is 10.1. The molecule has 0 N–H and O–H groups in total. The van der Waals surface area contributed by atoms with E-state index in [9.17, 15) is 9.18 Å². The van der Waals surface area contributed by atoms with Crippen LogP contribution in [-0.4, -0.2) is 30.3 Å². The molecule has 1 rings (SSSR count). The van der Waals surface area contributed by atoms with Crippen molar-refractivity contribution in [3.8, 4) is 0 Å². The number of carbonyl (C=O) groups is 1. The van der Waals surface area contributed by atoms with Gasteiger partial charge in [0.15, 0.2) is 0 Å². The zero-order chi connectivity index (χ0) is 11.4. The first-order chi connectivity index (χ1) is 7.07. The Balaban J connectivity index is 2.96. The van der Waals surface area contributed by atoms with Crippen molar-refractivity contribution in [2.75, 3.05) is 19.5 Å². The van der Waals surface area contributed by atoms with E-state index in [2.05, 4.69) is 0 Å². The molecule has 0 bridgehead atoms. The van der Waals surface area contributed by atoms with Crippen molar-refractivity contribution in [3.63, 3.8) is 0 Å². The Hall–Kier alpha value is -0.800. The molecule has 0 unspecified atom stereocenters. The average Bonchev–Trinajstić information content (AvgIpc) is 2.21. The van der Waals surface area contributed by atoms with Gasteiger partial charge in [-0.1, -0.05) is 17.7 Å². The van der Waals surface area contributed by atoms with Crippen molar-refractivity contribution in [2.45, 2.75) is 0 Å². The first-order valence-electron chi connectivity index (χ1n) is 4.33. The molecule has 0 radical (unpaired) electrons. The molecule has 0 saturated heterocycles. The fourth-order valence-corrected chi connectivity index (χ4v) is 1.56. The van der Waals surface area contributed by atoms with Gasteiger partial charge in [-0.15, -0.1) is 11.6 Å². The summed E-state index contributed by atoms with van der Waals surface area (Å²) in [5.41, 5.74) is 0.157. The number of amides is 1. The second-order valence-corrected chi connectivity index (χ2v) is 3.77. The smallest absolute Gasteiger partial charge is 0.255 e. The second kappa shape index (κ2) is 5.33. The van der Waals surface area contributed by atoms with Gasteiger partial charge in [0, 0.05) is 19.5 Å². The Kier molecular flexibility index (Phi) is 4.36. The van der Waals surface area contributed by atoms with Gasteiger partial charge in [-0.2, -0.15) is 0 Å². The molecule has 0 atom stereocenters. The topological polar surface area (TPSA) is 20.3 Å². The van der Waals surface area contributed by atoms with Crippen LogP contribution in [0.4, 0.5) is 4.39 Å². The molecule has 0 aliphatic heterocycles. The van der Waals surface area contributed by atoms with E-state index in [1.165, 1.54) is 23.1 Å². The standard InChI is InChI=1S/C10H10Cl2FNO/c1-14(6-5-11)10(15)7-3-2-4-8(13)9(7)12/h2-4H,5-6H2,1H3. The Bertz CT molecular complexity index is 370. The summed E-state index contributed by atoms with van der Waals surface area (Å²) in [5.74, 6) is -0.600. The van der Waals surface area contributed by atoms with Crippen molar-refractivity contribution in [1.82, 2.24) is 4.90 Å². The minimum atomic E-state index is -0.596. The molecular weight excluding hydrogens is 240 g/mol. The highest BCUT2D eigenvalue weighted by Crippen LogP contribution is 2.20. The molecular formula is C10H10Cl2FNO. The number of hydrogen-bond acceptors (Lipinski definition) is 1. The molecule has 1 amide bonds. The highest BCUT2D eigenvalue weighted by Gasteiger charge is 2.16. The van der Waals surface area contributed by atoms with E-state index in [0.717, 1.165) is 0 Å². The molecule has 0 aliphatic carbocycles. The van der Waals surface area contributed by atoms with Gasteiger partial charge in [0.25, 0.3) is 5.91 Å². The van der Waals surface area contributed by atoms with Crippen LogP contribution >= 0.6 is 23.2 Å². The van der Waals surface area contributed by atoms with Crippen molar-refractivity contribution in [3.05, 3.63) is 34.6 Å². The van der Waals surface area contributed by atoms with Crippen LogP contribution in [-0.2, 0) is 0 Å². The number of benzene rings is 1. The molecule has 1 aromatic carbocycles. The average molecular weight is 250 g/mol. The van der Waals surface area contributed by atoms with E-state index >= 15 is 0 Å². The number of nitrogens with zero attached hydrogens (tertiary/aromatic N) is 1. The SMILES string of the molecule is CN(CCCl)C(=O)c1cccc(F)c1Cl. The van der Waals surface area contributed by atoms with Gasteiger partial charge >= 0.3 is 0 Å². The van der Waals surface area contributed by atoms with Crippen LogP contribution in [0, 0.1) is 5.82 Å². The predicted octanol–water partition coefficient (Wildman–Crippen LogP) is 2.79. The van der Waals surface area contributed by atoms with Crippen LogP contribution < -0.4 is 0 Å². The van der Waals surface area contributed by atoms with E-state index in [1.54, 1.807) is 7.05 Å². The van der Waals surface area contributed by atoms with Gasteiger partial charge in [-0.3, -0.25) is 4.79 Å². The van der Waals surface area contributed by atoms with Gasteiger partial charge in [-0.25, -0.2) is 4.39 Å². The Morgan fingerprint density at radius 1 is 1.53 bits per heavy atom. The molecule has 0 heterocycles. The summed E-state index contributed by atoms with van der Waals surface area (Å²) in [5, 5.41) is -0.149. The molecule has 0 aliphatic rings. The van der Waals surface area contributed by atoms with Crippen LogP contribution in [0.15, 0.2) is 18.2 Å². The molecule has 0 spiro atoms. The first-order valence-corrected chi connectivity index (χ1v) is 5.24. The van der Waals surface area contributed by atoms with Crippen LogP contribution in [0.1, 0.15) is 10.4 Å². The van der Waals surface area contributed by atoms with Gasteiger partial charge in [0.1, 0.15) is 5.82 Å². The largest absolute Gasteiger partial charge is 0.340 e. The molecule has 2 nitrogen and oxygen atoms in total. The quantitative estimate of drug-likeness (QED) is 0.755. The first kappa shape index (κ1) is 12.3. The molecule has 15 heavy (non-hydrogen) atoms. The monoisotopic (exact) mass is 249 g/mol. The minimum absolute atomic E-state index is 0.149. The van der Waals surface area contributed by atoms with Gasteiger partial charge in [0.2, 0.25) is 0 Å². The number of halogens is 3. The number of rotatable bonds is 3. The van der Waals surface area contributed by atoms with Crippen molar-refractivity contribution >= 4 is 29.1 Å². The van der Waals surface area contributed by atoms with E-state index < -0.39 is 5.82 Å². The van der Waals surface area contributed by atoms with Crippen LogP contribution in [0.2, 0.25) is 5.02 Å². The van der Waals surface area contributed by atoms with Crippen LogP contribution in [0.5, 0.6) is 0 Å². The summed E-state index contributed by atoms with van der Waals surface area (Å²) in [6.45, 7) is 0.396. The van der Waals surface area contributed by atoms with E-state index in [4.69, 9.17) is 23.2 Å². The van der Waals surface area contributed by atoms with Crippen molar-refractivity contribution in [2.24, 2.45) is 0 Å². The Labute approximate surface area is 97.6 Å². The fraction of sp³-hybridized carbons (Fsp3) is 0.300. The molecule has 0 saturated carbocycles. The summed E-state index contributed by atoms with van der Waals surface area (Å²) in [4.78, 5) is 13.1. The number of hydrogen-bond donors (Lipinski definition) is 0. The molecule has 82 valence electrons. The maximum Gasteiger partial charge on any atom is 0.255 e. The number of alkyl halides is 1. The second-order valence-electron chi connectivity index (χ2n) is 3.02. The van der Waals surface area contributed by atoms with E-state index in [0.29, 0.717) is 12.4 Å². The van der Waals surface area contributed by atoms with Gasteiger partial charge in [0.05, 0.1) is 10.6 Å². The molecule has 0 aromatic heterocycles. The summed E-state index contributed by atoms with van der Waals surface area (Å²) >= 11 is 11.2. The summed E-state index contributed by atoms with van der Waals surface area (Å²) in [6.07, 6.45) is 0. The van der Waals surface area contributed by atoms with E-state index in [1.807, 2.05) is 0 Å². The van der Waals surface area contributed by atoms with Gasteiger partial charge < -0.3 is 4.90 Å². The van der Waals surface area contributed by atoms with Crippen molar-refractivity contribution in [1.29, 1.82) is 0 Å². The third-order valence-corrected chi connectivity index (χ3v) is 2.50. The third kappa shape index (κ3) is 2.83. The zero-order valence-corrected chi connectivity index (χ0v) is 9.65. The molecule has 0 fully saturated rings. The summed E-state index contributed by atoms with van der Waals surface area (Å²) in [6, 6.07) is 4.14. The lowest BCUT2D eigenvalue weighted by Crippen LogP contribution is -2.28. The molecule has 1 aromatic rings. The predicted molar refractivity (Wildman–Crippen MR) is 59.1 cm³/mol. The van der Waals surface area contributed by atoms with Crippen LogP contribution in [0.3, 0.4) is 0 Å². The molecule has 5 heteroatoms. The highest BCUT2D eigenvalue weighted by atomic mass is 35.5. The third-order valence-electron chi connectivity index (χ3n) is 1.95. The lowest BCUT2D eigenvalue weighted by Gasteiger charge is -2.16. The lowest BCUT2D eigenvalue weighted by molar-refractivity contribution is 0.0803. The number of carbonyl (C=O) groups excluding carboxylic acids is 1. The van der Waals surface area contributed by atoms with Gasteiger partial charge in [-0.05, 0) is 12.1 Å². The summed E-state index contributed by atoms with van der Waals surface area (Å²) in [7, 11) is 1.59. The Morgan fingerprint density at radius 3 is 2.80 bits per heavy atom. The zero-order valence-electron chi connectivity index (χ0n) is 8.14. The lowest BCUT2D eigenvalue weighted by atomic mass is 10.2. The highest BCUT2D eigenvalue weighted by molar-refractivity contribution is 6.34. The van der Waals surface area contributed by atoms with Crippen LogP contribution in [0.25, 0.3) is 0 Å². The Morgan fingerprint density at radius 2 is 2.20 bits per heavy atom. The minimum Gasteiger partial charge on any atom is -0.340 e. The fourth-order valence-electron chi connectivity index (χ4n) is 1.10. The van der Waals surface area contributed by atoms with E-state index in [-0.39, 0.29) is 16.5 Å².